The van der Waals surface area contributed by atoms with E-state index < -0.39 is 23.3 Å². The van der Waals surface area contributed by atoms with Gasteiger partial charge in [0.15, 0.2) is 17.2 Å². The molecule has 1 amide bonds. The molecule has 1 fully saturated rings. The molecule has 0 aromatic carbocycles. The molecule has 13 heteroatoms. The molecule has 1 aliphatic rings. The maximum atomic E-state index is 13.8. The van der Waals surface area contributed by atoms with Crippen LogP contribution in [0.3, 0.4) is 0 Å². The van der Waals surface area contributed by atoms with Crippen LogP contribution in [0.15, 0.2) is 29.2 Å². The second-order valence-corrected chi connectivity index (χ2v) is 7.85. The summed E-state index contributed by atoms with van der Waals surface area (Å²) < 4.78 is 47.6. The smallest absolute Gasteiger partial charge is 0.339 e. The minimum atomic E-state index is -4.70. The van der Waals surface area contributed by atoms with Crippen molar-refractivity contribution in [2.24, 2.45) is 0 Å². The Bertz CT molecular complexity index is 1310. The van der Waals surface area contributed by atoms with Gasteiger partial charge in [0.05, 0.1) is 17.7 Å². The zero-order valence-corrected chi connectivity index (χ0v) is 17.3. The van der Waals surface area contributed by atoms with E-state index in [2.05, 4.69) is 25.3 Å². The number of alkyl halides is 3. The van der Waals surface area contributed by atoms with Crippen molar-refractivity contribution in [1.82, 2.24) is 34.6 Å². The minimum absolute atomic E-state index is 0.158. The third-order valence-electron chi connectivity index (χ3n) is 5.37. The summed E-state index contributed by atoms with van der Waals surface area (Å²) in [5, 5.41) is 9.89. The number of carbonyl (C=O) groups excluding carboxylic acids is 1. The summed E-state index contributed by atoms with van der Waals surface area (Å²) in [4.78, 5) is 22.8. The fraction of sp³-hybridized carbons (Fsp3) is 0.316. The van der Waals surface area contributed by atoms with E-state index in [0.717, 1.165) is 10.5 Å². The molecule has 0 radical (unpaired) electrons. The van der Waals surface area contributed by atoms with Gasteiger partial charge in [0, 0.05) is 36.6 Å². The van der Waals surface area contributed by atoms with Crippen molar-refractivity contribution < 1.29 is 22.5 Å². The average Bonchev–Trinajstić information content (AvgIpc) is 3.53. The van der Waals surface area contributed by atoms with Gasteiger partial charge in [-0.3, -0.25) is 14.3 Å². The van der Waals surface area contributed by atoms with E-state index >= 15 is 0 Å². The summed E-state index contributed by atoms with van der Waals surface area (Å²) in [5.74, 6) is 0.189. The van der Waals surface area contributed by atoms with Crippen molar-refractivity contribution in [3.63, 3.8) is 0 Å². The lowest BCUT2D eigenvalue weighted by atomic mass is 10.1. The SMILES string of the molecule is Cc1noc(C2CCN(C(=O)c3nc4c(C(F)(F)F)cc(-c5cn[nH]c5)cn4c3Cl)C2)n1. The average molecular weight is 466 g/mol. The number of aromatic nitrogens is 6. The van der Waals surface area contributed by atoms with Crippen LogP contribution in [0.25, 0.3) is 16.8 Å². The first-order chi connectivity index (χ1) is 15.2. The van der Waals surface area contributed by atoms with E-state index in [1.807, 2.05) is 0 Å². The van der Waals surface area contributed by atoms with Crippen LogP contribution in [0.5, 0.6) is 0 Å². The number of aromatic amines is 1. The van der Waals surface area contributed by atoms with Gasteiger partial charge in [0.25, 0.3) is 5.91 Å². The Morgan fingerprint density at radius 1 is 1.31 bits per heavy atom. The number of carbonyl (C=O) groups is 1. The quantitative estimate of drug-likeness (QED) is 0.494. The molecule has 9 nitrogen and oxygen atoms in total. The van der Waals surface area contributed by atoms with Gasteiger partial charge in [0.2, 0.25) is 5.89 Å². The molecule has 1 aliphatic heterocycles. The first-order valence-electron chi connectivity index (χ1n) is 9.60. The topological polar surface area (TPSA) is 105 Å². The Morgan fingerprint density at radius 3 is 2.78 bits per heavy atom. The number of halogens is 4. The van der Waals surface area contributed by atoms with Crippen molar-refractivity contribution in [1.29, 1.82) is 0 Å². The van der Waals surface area contributed by atoms with Gasteiger partial charge in [-0.15, -0.1) is 0 Å². The summed E-state index contributed by atoms with van der Waals surface area (Å²) >= 11 is 6.36. The molecule has 1 saturated heterocycles. The van der Waals surface area contributed by atoms with E-state index in [-0.39, 0.29) is 28.9 Å². The van der Waals surface area contributed by atoms with E-state index in [4.69, 9.17) is 16.1 Å². The van der Waals surface area contributed by atoms with E-state index in [9.17, 15) is 18.0 Å². The summed E-state index contributed by atoms with van der Waals surface area (Å²) in [6.07, 6.45) is 0.126. The molecular formula is C19H15ClF3N7O2. The van der Waals surface area contributed by atoms with E-state index in [1.165, 1.54) is 23.5 Å². The molecule has 0 spiro atoms. The highest BCUT2D eigenvalue weighted by Crippen LogP contribution is 2.37. The Morgan fingerprint density at radius 2 is 2.12 bits per heavy atom. The highest BCUT2D eigenvalue weighted by Gasteiger charge is 2.38. The number of nitrogens with zero attached hydrogens (tertiary/aromatic N) is 6. The molecule has 0 saturated carbocycles. The number of imidazole rings is 1. The highest BCUT2D eigenvalue weighted by molar-refractivity contribution is 6.33. The zero-order chi connectivity index (χ0) is 22.6. The first kappa shape index (κ1) is 20.5. The first-order valence-corrected chi connectivity index (χ1v) is 9.97. The van der Waals surface area contributed by atoms with Gasteiger partial charge in [-0.1, -0.05) is 16.8 Å². The van der Waals surface area contributed by atoms with Gasteiger partial charge in [-0.05, 0) is 19.4 Å². The van der Waals surface area contributed by atoms with Crippen LogP contribution in [-0.4, -0.2) is 53.6 Å². The number of pyridine rings is 1. The number of rotatable bonds is 3. The third-order valence-corrected chi connectivity index (χ3v) is 5.73. The van der Waals surface area contributed by atoms with Crippen LogP contribution in [-0.2, 0) is 6.18 Å². The summed E-state index contributed by atoms with van der Waals surface area (Å²) in [7, 11) is 0. The lowest BCUT2D eigenvalue weighted by molar-refractivity contribution is -0.136. The summed E-state index contributed by atoms with van der Waals surface area (Å²) in [6, 6.07) is 0.960. The zero-order valence-electron chi connectivity index (χ0n) is 16.5. The maximum Gasteiger partial charge on any atom is 0.420 e. The molecule has 4 aromatic heterocycles. The fourth-order valence-corrected chi connectivity index (χ4v) is 4.06. The van der Waals surface area contributed by atoms with Crippen LogP contribution in [0.4, 0.5) is 13.2 Å². The lowest BCUT2D eigenvalue weighted by Crippen LogP contribution is -2.29. The molecule has 0 aliphatic carbocycles. The Kier molecular flexibility index (Phi) is 4.69. The molecule has 5 heterocycles. The third kappa shape index (κ3) is 3.40. The molecule has 1 atom stereocenters. The number of likely N-dealkylation sites (tertiary alicyclic amines) is 1. The predicted molar refractivity (Wildman–Crippen MR) is 105 cm³/mol. The monoisotopic (exact) mass is 465 g/mol. The van der Waals surface area contributed by atoms with Crippen molar-refractivity contribution in [3.05, 3.63) is 52.8 Å². The molecule has 5 rings (SSSR count). The second-order valence-electron chi connectivity index (χ2n) is 7.49. The number of amides is 1. The Hall–Kier alpha value is -3.41. The molecule has 1 unspecified atom stereocenters. The second kappa shape index (κ2) is 7.33. The van der Waals surface area contributed by atoms with Gasteiger partial charge >= 0.3 is 6.18 Å². The van der Waals surface area contributed by atoms with Crippen LogP contribution in [0.2, 0.25) is 5.15 Å². The number of hydrogen-bond acceptors (Lipinski definition) is 6. The van der Waals surface area contributed by atoms with Crippen LogP contribution >= 0.6 is 11.6 Å². The predicted octanol–water partition coefficient (Wildman–Crippen LogP) is 3.72. The van der Waals surface area contributed by atoms with Gasteiger partial charge in [-0.25, -0.2) is 4.98 Å². The highest BCUT2D eigenvalue weighted by atomic mass is 35.5. The van der Waals surface area contributed by atoms with E-state index in [0.29, 0.717) is 30.2 Å². The molecular weight excluding hydrogens is 451 g/mol. The summed E-state index contributed by atoms with van der Waals surface area (Å²) in [6.45, 7) is 2.33. The van der Waals surface area contributed by atoms with Crippen molar-refractivity contribution in [3.8, 4) is 11.1 Å². The Labute approximate surface area is 183 Å². The Balaban J connectivity index is 1.53. The molecule has 1 N–H and O–H groups in total. The van der Waals surface area contributed by atoms with E-state index in [1.54, 1.807) is 6.92 Å². The summed E-state index contributed by atoms with van der Waals surface area (Å²) in [5.41, 5.74) is -1.03. The number of hydrogen-bond donors (Lipinski definition) is 1. The number of nitrogens with one attached hydrogen (secondary N) is 1. The van der Waals surface area contributed by atoms with Crippen molar-refractivity contribution >= 4 is 23.2 Å². The van der Waals surface area contributed by atoms with Gasteiger partial charge < -0.3 is 9.42 Å². The van der Waals surface area contributed by atoms with Gasteiger partial charge in [0.1, 0.15) is 5.15 Å². The van der Waals surface area contributed by atoms with Gasteiger partial charge in [-0.2, -0.15) is 23.3 Å². The van der Waals surface area contributed by atoms with Crippen LogP contribution in [0.1, 0.15) is 40.1 Å². The molecule has 166 valence electrons. The number of aryl methyl sites for hydroxylation is 1. The number of fused-ring (bicyclic) bond motifs is 1. The normalized spacial score (nSPS) is 16.9. The molecule has 4 aromatic rings. The molecule has 0 bridgehead atoms. The van der Waals surface area contributed by atoms with Crippen LogP contribution < -0.4 is 0 Å². The van der Waals surface area contributed by atoms with Crippen molar-refractivity contribution in [2.45, 2.75) is 25.4 Å². The largest absolute Gasteiger partial charge is 0.420 e. The standard InChI is InChI=1S/C19H15ClF3N7O2/c1-9-26-17(32-28-9)10-2-3-29(7-10)18(31)14-15(20)30-8-11(12-5-24-25-6-12)4-13(16(30)27-14)19(21,22)23/h4-6,8,10H,2-3,7H2,1H3,(H,24,25). The lowest BCUT2D eigenvalue weighted by Gasteiger charge is -2.14. The van der Waals surface area contributed by atoms with Crippen molar-refractivity contribution in [2.75, 3.05) is 13.1 Å². The molecule has 32 heavy (non-hydrogen) atoms. The fourth-order valence-electron chi connectivity index (χ4n) is 3.80. The van der Waals surface area contributed by atoms with Crippen LogP contribution in [0, 0.1) is 6.92 Å². The minimum Gasteiger partial charge on any atom is -0.339 e. The number of H-pyrrole nitrogens is 1. The maximum absolute atomic E-state index is 13.8.